The summed E-state index contributed by atoms with van der Waals surface area (Å²) in [6, 6.07) is 7.35. The second-order valence-electron chi connectivity index (χ2n) is 4.68. The van der Waals surface area contributed by atoms with Crippen molar-refractivity contribution in [2.24, 2.45) is 0 Å². The molecule has 0 radical (unpaired) electrons. The Morgan fingerprint density at radius 1 is 1.20 bits per heavy atom. The Hall–Kier alpha value is -1.75. The fourth-order valence-corrected chi connectivity index (χ4v) is 1.66. The van der Waals surface area contributed by atoms with Crippen LogP contribution in [0.5, 0.6) is 11.5 Å². The molecule has 0 aromatic heterocycles. The summed E-state index contributed by atoms with van der Waals surface area (Å²) < 4.78 is 10.9. The molecule has 0 heterocycles. The minimum atomic E-state index is -0.116. The van der Waals surface area contributed by atoms with E-state index in [1.807, 2.05) is 39.2 Å². The molecule has 1 amide bonds. The van der Waals surface area contributed by atoms with Crippen LogP contribution >= 0.6 is 0 Å². The number of ether oxygens (including phenoxy) is 2. The van der Waals surface area contributed by atoms with Crippen LogP contribution in [0.3, 0.4) is 0 Å². The molecule has 1 aromatic rings. The van der Waals surface area contributed by atoms with E-state index in [4.69, 9.17) is 9.47 Å². The van der Waals surface area contributed by atoms with E-state index in [0.29, 0.717) is 24.7 Å². The Morgan fingerprint density at radius 3 is 2.45 bits per heavy atom. The highest BCUT2D eigenvalue weighted by molar-refractivity contribution is 5.77. The number of rotatable bonds is 9. The van der Waals surface area contributed by atoms with Crippen LogP contribution in [-0.4, -0.2) is 51.2 Å². The van der Waals surface area contributed by atoms with Crippen molar-refractivity contribution in [3.8, 4) is 11.5 Å². The van der Waals surface area contributed by atoms with Gasteiger partial charge in [-0.2, -0.15) is 0 Å². The maximum atomic E-state index is 11.6. The lowest BCUT2D eigenvalue weighted by atomic mass is 10.3. The third kappa shape index (κ3) is 6.43. The number of hydrogen-bond donors (Lipinski definition) is 1. The summed E-state index contributed by atoms with van der Waals surface area (Å²) in [4.78, 5) is 13.7. The van der Waals surface area contributed by atoms with Gasteiger partial charge in [-0.25, -0.2) is 0 Å². The normalized spacial score (nSPS) is 10.4. The van der Waals surface area contributed by atoms with Crippen LogP contribution in [0.2, 0.25) is 0 Å². The molecular formula is C15H24N2O3. The number of nitrogens with zero attached hydrogens (tertiary/aromatic N) is 1. The molecule has 0 saturated heterocycles. The minimum absolute atomic E-state index is 0.00600. The lowest BCUT2D eigenvalue weighted by Gasteiger charge is -2.12. The second kappa shape index (κ2) is 9.20. The van der Waals surface area contributed by atoms with Crippen molar-refractivity contribution in [2.75, 3.05) is 40.4 Å². The van der Waals surface area contributed by atoms with Gasteiger partial charge in [-0.1, -0.05) is 12.1 Å². The van der Waals surface area contributed by atoms with Crippen LogP contribution in [0.25, 0.3) is 0 Å². The third-order valence-electron chi connectivity index (χ3n) is 2.61. The highest BCUT2D eigenvalue weighted by Crippen LogP contribution is 2.26. The number of benzene rings is 1. The van der Waals surface area contributed by atoms with Crippen molar-refractivity contribution in [2.45, 2.75) is 13.3 Å². The van der Waals surface area contributed by atoms with Gasteiger partial charge in [0, 0.05) is 6.54 Å². The van der Waals surface area contributed by atoms with E-state index in [2.05, 4.69) is 10.2 Å². The van der Waals surface area contributed by atoms with Crippen molar-refractivity contribution in [1.82, 2.24) is 10.2 Å². The van der Waals surface area contributed by atoms with Gasteiger partial charge < -0.3 is 19.7 Å². The molecule has 0 aliphatic rings. The molecule has 0 bridgehead atoms. The average Bonchev–Trinajstić information content (AvgIpc) is 2.43. The molecule has 5 heteroatoms. The van der Waals surface area contributed by atoms with Gasteiger partial charge in [-0.3, -0.25) is 4.79 Å². The van der Waals surface area contributed by atoms with E-state index >= 15 is 0 Å². The zero-order valence-corrected chi connectivity index (χ0v) is 12.5. The second-order valence-corrected chi connectivity index (χ2v) is 4.68. The van der Waals surface area contributed by atoms with Crippen LogP contribution < -0.4 is 14.8 Å². The molecule has 112 valence electrons. The molecule has 1 rings (SSSR count). The summed E-state index contributed by atoms with van der Waals surface area (Å²) >= 11 is 0. The minimum Gasteiger partial charge on any atom is -0.490 e. The monoisotopic (exact) mass is 280 g/mol. The summed E-state index contributed by atoms with van der Waals surface area (Å²) in [7, 11) is 4.02. The van der Waals surface area contributed by atoms with E-state index in [1.54, 1.807) is 6.07 Å². The SMILES string of the molecule is CCOc1ccccc1OCC(=O)NCCCN(C)C. The van der Waals surface area contributed by atoms with Crippen LogP contribution in [0, 0.1) is 0 Å². The molecule has 1 N–H and O–H groups in total. The summed E-state index contributed by atoms with van der Waals surface area (Å²) in [5.74, 6) is 1.14. The fraction of sp³-hybridized carbons (Fsp3) is 0.533. The Labute approximate surface area is 120 Å². The number of hydrogen-bond acceptors (Lipinski definition) is 4. The van der Waals surface area contributed by atoms with Crippen molar-refractivity contribution >= 4 is 5.91 Å². The van der Waals surface area contributed by atoms with Gasteiger partial charge in [0.2, 0.25) is 0 Å². The average molecular weight is 280 g/mol. The maximum Gasteiger partial charge on any atom is 0.257 e. The Morgan fingerprint density at radius 2 is 1.85 bits per heavy atom. The zero-order chi connectivity index (χ0) is 14.8. The standard InChI is InChI=1S/C15H24N2O3/c1-4-19-13-8-5-6-9-14(13)20-12-15(18)16-10-7-11-17(2)3/h5-6,8-9H,4,7,10-12H2,1-3H3,(H,16,18). The van der Waals surface area contributed by atoms with Crippen LogP contribution in [-0.2, 0) is 4.79 Å². The molecule has 5 nitrogen and oxygen atoms in total. The zero-order valence-electron chi connectivity index (χ0n) is 12.5. The molecule has 0 fully saturated rings. The van der Waals surface area contributed by atoms with E-state index in [0.717, 1.165) is 13.0 Å². The number of carbonyl (C=O) groups is 1. The lowest BCUT2D eigenvalue weighted by Crippen LogP contribution is -2.31. The molecule has 20 heavy (non-hydrogen) atoms. The summed E-state index contributed by atoms with van der Waals surface area (Å²) in [5, 5.41) is 2.83. The quantitative estimate of drug-likeness (QED) is 0.697. The van der Waals surface area contributed by atoms with Crippen LogP contribution in [0.1, 0.15) is 13.3 Å². The highest BCUT2D eigenvalue weighted by atomic mass is 16.5. The van der Waals surface area contributed by atoms with Crippen molar-refractivity contribution in [3.05, 3.63) is 24.3 Å². The van der Waals surface area contributed by atoms with Crippen molar-refractivity contribution in [3.63, 3.8) is 0 Å². The van der Waals surface area contributed by atoms with Gasteiger partial charge in [0.15, 0.2) is 18.1 Å². The van der Waals surface area contributed by atoms with Crippen LogP contribution in [0.15, 0.2) is 24.3 Å². The Balaban J connectivity index is 2.30. The lowest BCUT2D eigenvalue weighted by molar-refractivity contribution is -0.123. The Bertz CT molecular complexity index is 408. The van der Waals surface area contributed by atoms with E-state index in [-0.39, 0.29) is 12.5 Å². The molecule has 0 saturated carbocycles. The number of carbonyl (C=O) groups excluding carboxylic acids is 1. The van der Waals surface area contributed by atoms with Gasteiger partial charge in [-0.05, 0) is 46.1 Å². The van der Waals surface area contributed by atoms with Gasteiger partial charge in [0.1, 0.15) is 0 Å². The van der Waals surface area contributed by atoms with Gasteiger partial charge in [0.05, 0.1) is 6.61 Å². The molecule has 1 aromatic carbocycles. The van der Waals surface area contributed by atoms with Crippen LogP contribution in [0.4, 0.5) is 0 Å². The first kappa shape index (κ1) is 16.3. The number of nitrogens with one attached hydrogen (secondary N) is 1. The van der Waals surface area contributed by atoms with E-state index in [1.165, 1.54) is 0 Å². The van der Waals surface area contributed by atoms with E-state index in [9.17, 15) is 4.79 Å². The van der Waals surface area contributed by atoms with Gasteiger partial charge in [-0.15, -0.1) is 0 Å². The first-order valence-corrected chi connectivity index (χ1v) is 6.89. The smallest absolute Gasteiger partial charge is 0.257 e. The molecule has 0 atom stereocenters. The molecular weight excluding hydrogens is 256 g/mol. The largest absolute Gasteiger partial charge is 0.490 e. The molecule has 0 aliphatic heterocycles. The summed E-state index contributed by atoms with van der Waals surface area (Å²) in [6.45, 7) is 4.10. The fourth-order valence-electron chi connectivity index (χ4n) is 1.66. The van der Waals surface area contributed by atoms with Crippen molar-refractivity contribution < 1.29 is 14.3 Å². The van der Waals surface area contributed by atoms with Crippen molar-refractivity contribution in [1.29, 1.82) is 0 Å². The van der Waals surface area contributed by atoms with E-state index < -0.39 is 0 Å². The Kier molecular flexibility index (Phi) is 7.50. The molecule has 0 unspecified atom stereocenters. The predicted octanol–water partition coefficient (Wildman–Crippen LogP) is 1.53. The number of para-hydroxylation sites is 2. The maximum absolute atomic E-state index is 11.6. The van der Waals surface area contributed by atoms with Gasteiger partial charge >= 0.3 is 0 Å². The first-order chi connectivity index (χ1) is 9.63. The summed E-state index contributed by atoms with van der Waals surface area (Å²) in [5.41, 5.74) is 0. The first-order valence-electron chi connectivity index (χ1n) is 6.89. The summed E-state index contributed by atoms with van der Waals surface area (Å²) in [6.07, 6.45) is 0.925. The van der Waals surface area contributed by atoms with Gasteiger partial charge in [0.25, 0.3) is 5.91 Å². The predicted molar refractivity (Wildman–Crippen MR) is 79.3 cm³/mol. The highest BCUT2D eigenvalue weighted by Gasteiger charge is 2.06. The number of amides is 1. The molecule has 0 aliphatic carbocycles. The third-order valence-corrected chi connectivity index (χ3v) is 2.61. The topological polar surface area (TPSA) is 50.8 Å². The molecule has 0 spiro atoms.